The minimum atomic E-state index is -3.11. The zero-order valence-electron chi connectivity index (χ0n) is 13.0. The van der Waals surface area contributed by atoms with Gasteiger partial charge in [0.25, 0.3) is 5.91 Å². The predicted octanol–water partition coefficient (Wildman–Crippen LogP) is 0.175. The molecule has 0 spiro atoms. The summed E-state index contributed by atoms with van der Waals surface area (Å²) in [5, 5.41) is 4.52. The number of hydrogen-bond donors (Lipinski definition) is 1. The summed E-state index contributed by atoms with van der Waals surface area (Å²) < 4.78 is 29.8. The standard InChI is InChI=1S/C14H17N3O5S2/c1-14(2-5-24(20,21)9-14)16-11(18)8-22-12(19)6-10-7-17-3-4-23-13(17)15-10/h3-4,7H,2,5-6,8-9H2,1H3,(H,16,18)/t14-/m1/s1. The molecular formula is C14H17N3O5S2. The summed E-state index contributed by atoms with van der Waals surface area (Å²) >= 11 is 1.46. The topological polar surface area (TPSA) is 107 Å². The second-order valence-electron chi connectivity index (χ2n) is 6.11. The van der Waals surface area contributed by atoms with Crippen LogP contribution in [0.1, 0.15) is 19.0 Å². The van der Waals surface area contributed by atoms with Gasteiger partial charge in [0.05, 0.1) is 29.2 Å². The first kappa shape index (κ1) is 16.9. The summed E-state index contributed by atoms with van der Waals surface area (Å²) in [7, 11) is -3.11. The molecule has 1 atom stereocenters. The van der Waals surface area contributed by atoms with Crippen molar-refractivity contribution in [2.24, 2.45) is 0 Å². The van der Waals surface area contributed by atoms with E-state index in [1.54, 1.807) is 17.5 Å². The number of hydrogen-bond acceptors (Lipinski definition) is 7. The largest absolute Gasteiger partial charge is 0.455 e. The number of aromatic nitrogens is 2. The van der Waals surface area contributed by atoms with Gasteiger partial charge >= 0.3 is 5.97 Å². The Morgan fingerprint density at radius 1 is 1.50 bits per heavy atom. The number of nitrogens with one attached hydrogen (secondary N) is 1. The lowest BCUT2D eigenvalue weighted by Gasteiger charge is -2.23. The number of ether oxygens (including phenoxy) is 1. The quantitative estimate of drug-likeness (QED) is 0.751. The van der Waals surface area contributed by atoms with E-state index in [0.717, 1.165) is 4.96 Å². The minimum Gasteiger partial charge on any atom is -0.455 e. The van der Waals surface area contributed by atoms with Gasteiger partial charge in [0.1, 0.15) is 0 Å². The van der Waals surface area contributed by atoms with Crippen molar-refractivity contribution >= 4 is 38.0 Å². The third kappa shape index (κ3) is 3.93. The first-order valence-corrected chi connectivity index (χ1v) is 10.0. The van der Waals surface area contributed by atoms with Crippen molar-refractivity contribution in [3.8, 4) is 0 Å². The van der Waals surface area contributed by atoms with Gasteiger partial charge in [-0.05, 0) is 13.3 Å². The van der Waals surface area contributed by atoms with Crippen LogP contribution in [0, 0.1) is 0 Å². The van der Waals surface area contributed by atoms with E-state index in [1.165, 1.54) is 11.3 Å². The van der Waals surface area contributed by atoms with Gasteiger partial charge in [-0.2, -0.15) is 0 Å². The number of esters is 1. The van der Waals surface area contributed by atoms with E-state index in [1.807, 2.05) is 11.6 Å². The number of carbonyl (C=O) groups is 2. The van der Waals surface area contributed by atoms with Crippen molar-refractivity contribution in [1.82, 2.24) is 14.7 Å². The monoisotopic (exact) mass is 371 g/mol. The van der Waals surface area contributed by atoms with Crippen molar-refractivity contribution < 1.29 is 22.7 Å². The van der Waals surface area contributed by atoms with Gasteiger partial charge in [-0.3, -0.25) is 14.0 Å². The van der Waals surface area contributed by atoms with Crippen LogP contribution in [0.3, 0.4) is 0 Å². The zero-order valence-corrected chi connectivity index (χ0v) is 14.7. The molecule has 2 aromatic heterocycles. The molecule has 0 unspecified atom stereocenters. The second kappa shape index (κ2) is 6.17. The number of imidazole rings is 1. The highest BCUT2D eigenvalue weighted by Crippen LogP contribution is 2.22. The summed E-state index contributed by atoms with van der Waals surface area (Å²) in [6.45, 7) is 1.24. The van der Waals surface area contributed by atoms with Crippen LogP contribution in [0.5, 0.6) is 0 Å². The Hall–Kier alpha value is -1.94. The zero-order chi connectivity index (χ0) is 17.4. The molecular weight excluding hydrogens is 354 g/mol. The van der Waals surface area contributed by atoms with Gasteiger partial charge in [0.2, 0.25) is 0 Å². The first-order chi connectivity index (χ1) is 11.2. The number of sulfone groups is 1. The fourth-order valence-corrected chi connectivity index (χ4v) is 5.50. The SMILES string of the molecule is C[C@@]1(NC(=O)COC(=O)Cc2cn3ccsc3n2)CCS(=O)(=O)C1. The molecule has 3 heterocycles. The predicted molar refractivity (Wildman–Crippen MR) is 87.6 cm³/mol. The van der Waals surface area contributed by atoms with Gasteiger partial charge < -0.3 is 10.1 Å². The molecule has 1 N–H and O–H groups in total. The van der Waals surface area contributed by atoms with E-state index >= 15 is 0 Å². The molecule has 1 aliphatic heterocycles. The Morgan fingerprint density at radius 2 is 2.29 bits per heavy atom. The van der Waals surface area contributed by atoms with E-state index < -0.39 is 33.9 Å². The van der Waals surface area contributed by atoms with Crippen LogP contribution in [-0.4, -0.2) is 53.3 Å². The number of nitrogens with zero attached hydrogens (tertiary/aromatic N) is 2. The van der Waals surface area contributed by atoms with Crippen LogP contribution in [0.2, 0.25) is 0 Å². The van der Waals surface area contributed by atoms with Gasteiger partial charge in [-0.15, -0.1) is 11.3 Å². The van der Waals surface area contributed by atoms with Crippen molar-refractivity contribution in [3.05, 3.63) is 23.5 Å². The highest BCUT2D eigenvalue weighted by molar-refractivity contribution is 7.91. The molecule has 0 radical (unpaired) electrons. The van der Waals surface area contributed by atoms with Gasteiger partial charge in [-0.1, -0.05) is 0 Å². The van der Waals surface area contributed by atoms with Crippen LogP contribution < -0.4 is 5.32 Å². The van der Waals surface area contributed by atoms with E-state index in [-0.39, 0.29) is 17.9 Å². The number of carbonyl (C=O) groups excluding carboxylic acids is 2. The molecule has 24 heavy (non-hydrogen) atoms. The number of rotatable bonds is 5. The van der Waals surface area contributed by atoms with Crippen molar-refractivity contribution in [3.63, 3.8) is 0 Å². The van der Waals surface area contributed by atoms with E-state index in [2.05, 4.69) is 10.3 Å². The first-order valence-electron chi connectivity index (χ1n) is 7.33. The van der Waals surface area contributed by atoms with Gasteiger partial charge in [-0.25, -0.2) is 13.4 Å². The summed E-state index contributed by atoms with van der Waals surface area (Å²) in [5.74, 6) is -1.10. The molecule has 1 aliphatic rings. The maximum absolute atomic E-state index is 11.9. The maximum atomic E-state index is 11.9. The Balaban J connectivity index is 1.47. The fraction of sp³-hybridized carbons (Fsp3) is 0.500. The molecule has 0 bridgehead atoms. The Morgan fingerprint density at radius 3 is 2.96 bits per heavy atom. The van der Waals surface area contributed by atoms with Gasteiger partial charge in [0, 0.05) is 17.8 Å². The Labute approximate surface area is 142 Å². The molecule has 8 nitrogen and oxygen atoms in total. The van der Waals surface area contributed by atoms with Crippen molar-refractivity contribution in [2.45, 2.75) is 25.3 Å². The van der Waals surface area contributed by atoms with Crippen LogP contribution in [-0.2, 0) is 30.6 Å². The molecule has 0 saturated carbocycles. The average Bonchev–Trinajstić information content (AvgIpc) is 3.10. The van der Waals surface area contributed by atoms with Crippen molar-refractivity contribution in [1.29, 1.82) is 0 Å². The molecule has 130 valence electrons. The normalized spacial score (nSPS) is 22.5. The Bertz CT molecular complexity index is 857. The summed E-state index contributed by atoms with van der Waals surface area (Å²) in [5.41, 5.74) is -0.225. The second-order valence-corrected chi connectivity index (χ2v) is 9.17. The molecule has 2 aromatic rings. The molecule has 1 saturated heterocycles. The molecule has 1 fully saturated rings. The van der Waals surface area contributed by atoms with E-state index in [9.17, 15) is 18.0 Å². The van der Waals surface area contributed by atoms with Crippen LogP contribution in [0.15, 0.2) is 17.8 Å². The van der Waals surface area contributed by atoms with E-state index in [4.69, 9.17) is 4.74 Å². The highest BCUT2D eigenvalue weighted by atomic mass is 32.2. The lowest BCUT2D eigenvalue weighted by atomic mass is 10.0. The lowest BCUT2D eigenvalue weighted by Crippen LogP contribution is -2.48. The molecule has 0 aliphatic carbocycles. The Kier molecular flexibility index (Phi) is 4.35. The van der Waals surface area contributed by atoms with Crippen LogP contribution in [0.25, 0.3) is 4.96 Å². The number of fused-ring (bicyclic) bond motifs is 1. The fourth-order valence-electron chi connectivity index (χ4n) is 2.69. The van der Waals surface area contributed by atoms with E-state index in [0.29, 0.717) is 12.1 Å². The van der Waals surface area contributed by atoms with Crippen LogP contribution >= 0.6 is 11.3 Å². The third-order valence-electron chi connectivity index (χ3n) is 3.78. The molecule has 0 aromatic carbocycles. The highest BCUT2D eigenvalue weighted by Gasteiger charge is 2.39. The van der Waals surface area contributed by atoms with Crippen LogP contribution in [0.4, 0.5) is 0 Å². The summed E-state index contributed by atoms with van der Waals surface area (Å²) in [4.78, 5) is 28.7. The lowest BCUT2D eigenvalue weighted by molar-refractivity contribution is -0.148. The summed E-state index contributed by atoms with van der Waals surface area (Å²) in [6.07, 6.45) is 3.91. The summed E-state index contributed by atoms with van der Waals surface area (Å²) in [6, 6.07) is 0. The molecule has 1 amide bonds. The maximum Gasteiger partial charge on any atom is 0.312 e. The molecule has 10 heteroatoms. The van der Waals surface area contributed by atoms with Gasteiger partial charge in [0.15, 0.2) is 21.4 Å². The number of thiazole rings is 1. The third-order valence-corrected chi connectivity index (χ3v) is 6.45. The number of amides is 1. The van der Waals surface area contributed by atoms with Crippen molar-refractivity contribution in [2.75, 3.05) is 18.1 Å². The minimum absolute atomic E-state index is 0.0205. The smallest absolute Gasteiger partial charge is 0.312 e. The average molecular weight is 371 g/mol. The molecule has 3 rings (SSSR count).